The molecule has 0 radical (unpaired) electrons. The second-order valence-electron chi connectivity index (χ2n) is 9.57. The van der Waals surface area contributed by atoms with Crippen LogP contribution in [-0.2, 0) is 16.0 Å². The molecule has 0 saturated carbocycles. The van der Waals surface area contributed by atoms with Crippen molar-refractivity contribution in [3.63, 3.8) is 0 Å². The highest BCUT2D eigenvalue weighted by molar-refractivity contribution is 6.30. The first kappa shape index (κ1) is 28.5. The minimum atomic E-state index is -1.28. The molecular weight excluding hydrogens is 540 g/mol. The van der Waals surface area contributed by atoms with Crippen molar-refractivity contribution in [2.75, 3.05) is 17.2 Å². The average molecular weight is 569 g/mol. The summed E-state index contributed by atoms with van der Waals surface area (Å²) in [6, 6.07) is 8.66. The lowest BCUT2D eigenvalue weighted by molar-refractivity contribution is -0.123. The minimum absolute atomic E-state index is 0.0372. The number of hydrogen-bond donors (Lipinski definition) is 5. The molecule has 0 fully saturated rings. The van der Waals surface area contributed by atoms with Crippen molar-refractivity contribution in [3.05, 3.63) is 58.9 Å². The summed E-state index contributed by atoms with van der Waals surface area (Å²) >= 11 is 6.19. The molecule has 2 atom stereocenters. The van der Waals surface area contributed by atoms with Crippen LogP contribution < -0.4 is 21.3 Å². The molecule has 1 aliphatic heterocycles. The number of hydrogen-bond acceptors (Lipinski definition) is 7. The van der Waals surface area contributed by atoms with Crippen LogP contribution >= 0.6 is 11.6 Å². The fraction of sp³-hybridized carbons (Fsp3) is 0.346. The van der Waals surface area contributed by atoms with Gasteiger partial charge in [0.15, 0.2) is 0 Å². The summed E-state index contributed by atoms with van der Waals surface area (Å²) in [5, 5.41) is 31.4. The maximum Gasteiger partial charge on any atom is 0.409 e. The lowest BCUT2D eigenvalue weighted by Crippen LogP contribution is -2.47. The molecule has 0 aliphatic carbocycles. The van der Waals surface area contributed by atoms with Gasteiger partial charge in [-0.1, -0.05) is 31.4 Å². The molecule has 210 valence electrons. The van der Waals surface area contributed by atoms with Crippen molar-refractivity contribution in [1.29, 1.82) is 0 Å². The van der Waals surface area contributed by atoms with Gasteiger partial charge in [0.25, 0.3) is 5.91 Å². The molecule has 0 bridgehead atoms. The van der Waals surface area contributed by atoms with Crippen molar-refractivity contribution in [2.24, 2.45) is 5.92 Å². The quantitative estimate of drug-likeness (QED) is 0.301. The second kappa shape index (κ2) is 13.0. The molecule has 4 rings (SSSR count). The molecule has 2 unspecified atom stereocenters. The van der Waals surface area contributed by atoms with Gasteiger partial charge >= 0.3 is 6.09 Å². The zero-order chi connectivity index (χ0) is 28.6. The van der Waals surface area contributed by atoms with E-state index in [9.17, 15) is 19.2 Å². The summed E-state index contributed by atoms with van der Waals surface area (Å²) in [5.74, 6) is -1.17. The van der Waals surface area contributed by atoms with Gasteiger partial charge in [-0.15, -0.1) is 5.10 Å². The summed E-state index contributed by atoms with van der Waals surface area (Å²) in [6.07, 6.45) is 2.53. The first-order chi connectivity index (χ1) is 19.2. The van der Waals surface area contributed by atoms with Gasteiger partial charge in [-0.2, -0.15) is 0 Å². The molecule has 14 heteroatoms. The third kappa shape index (κ3) is 7.53. The summed E-state index contributed by atoms with van der Waals surface area (Å²) in [5.41, 5.74) is 2.01. The number of fused-ring (bicyclic) bond motifs is 1. The number of benzene rings is 2. The fourth-order valence-corrected chi connectivity index (χ4v) is 4.73. The van der Waals surface area contributed by atoms with Gasteiger partial charge in [0.1, 0.15) is 12.4 Å². The van der Waals surface area contributed by atoms with Crippen LogP contribution in [0.1, 0.15) is 48.5 Å². The number of carbonyl (C=O) groups excluding carboxylic acids is 3. The van der Waals surface area contributed by atoms with E-state index in [1.807, 2.05) is 6.92 Å². The van der Waals surface area contributed by atoms with Crippen molar-refractivity contribution < 1.29 is 24.3 Å². The largest absolute Gasteiger partial charge is 0.465 e. The maximum absolute atomic E-state index is 13.2. The maximum atomic E-state index is 13.2. The van der Waals surface area contributed by atoms with Gasteiger partial charge in [0.05, 0.1) is 16.9 Å². The van der Waals surface area contributed by atoms with Gasteiger partial charge in [0, 0.05) is 23.7 Å². The van der Waals surface area contributed by atoms with Crippen molar-refractivity contribution in [3.8, 4) is 5.69 Å². The van der Waals surface area contributed by atoms with Crippen LogP contribution in [0.15, 0.2) is 42.7 Å². The van der Waals surface area contributed by atoms with E-state index in [0.29, 0.717) is 30.7 Å². The number of nitrogens with zero attached hydrogens (tertiary/aromatic N) is 4. The monoisotopic (exact) mass is 568 g/mol. The Morgan fingerprint density at radius 3 is 2.75 bits per heavy atom. The van der Waals surface area contributed by atoms with E-state index in [-0.39, 0.29) is 47.6 Å². The molecule has 0 saturated heterocycles. The second-order valence-corrected chi connectivity index (χ2v) is 10.0. The van der Waals surface area contributed by atoms with E-state index in [1.54, 1.807) is 18.2 Å². The van der Waals surface area contributed by atoms with Crippen LogP contribution in [-0.4, -0.2) is 61.7 Å². The van der Waals surface area contributed by atoms with Crippen LogP contribution in [0.4, 0.5) is 16.2 Å². The van der Waals surface area contributed by atoms with Crippen LogP contribution in [0.2, 0.25) is 5.02 Å². The summed E-state index contributed by atoms with van der Waals surface area (Å²) in [6.45, 7) is 2.21. The molecular formula is C26H29ClN8O5. The Morgan fingerprint density at radius 1 is 1.18 bits per heavy atom. The lowest BCUT2D eigenvalue weighted by atomic mass is 9.97. The Morgan fingerprint density at radius 2 is 2.00 bits per heavy atom. The van der Waals surface area contributed by atoms with E-state index >= 15 is 0 Å². The van der Waals surface area contributed by atoms with Gasteiger partial charge in [-0.05, 0) is 71.1 Å². The Labute approximate surface area is 234 Å². The normalized spacial score (nSPS) is 17.9. The summed E-state index contributed by atoms with van der Waals surface area (Å²) in [4.78, 5) is 50.1. The number of amides is 4. The predicted molar refractivity (Wildman–Crippen MR) is 146 cm³/mol. The van der Waals surface area contributed by atoms with Crippen LogP contribution in [0.3, 0.4) is 0 Å². The van der Waals surface area contributed by atoms with E-state index in [2.05, 4.69) is 36.8 Å². The molecule has 1 aromatic heterocycles. The van der Waals surface area contributed by atoms with E-state index in [4.69, 9.17) is 16.7 Å². The Kier molecular flexibility index (Phi) is 9.27. The van der Waals surface area contributed by atoms with E-state index in [0.717, 1.165) is 11.3 Å². The van der Waals surface area contributed by atoms with Gasteiger partial charge in [0.2, 0.25) is 11.8 Å². The predicted octanol–water partition coefficient (Wildman–Crippen LogP) is 3.01. The van der Waals surface area contributed by atoms with Crippen LogP contribution in [0.5, 0.6) is 0 Å². The molecule has 5 N–H and O–H groups in total. The highest BCUT2D eigenvalue weighted by atomic mass is 35.5. The average Bonchev–Trinajstić information content (AvgIpc) is 3.42. The number of carboxylic acid groups (broad SMARTS) is 1. The first-order valence-corrected chi connectivity index (χ1v) is 13.1. The van der Waals surface area contributed by atoms with E-state index in [1.165, 1.54) is 29.2 Å². The highest BCUT2D eigenvalue weighted by Crippen LogP contribution is 2.24. The third-order valence-corrected chi connectivity index (χ3v) is 6.70. The number of halogens is 1. The Bertz CT molecular complexity index is 1400. The third-order valence-electron chi connectivity index (χ3n) is 6.47. The molecule has 40 heavy (non-hydrogen) atoms. The summed E-state index contributed by atoms with van der Waals surface area (Å²) in [7, 11) is 0. The number of aromatic nitrogens is 4. The van der Waals surface area contributed by atoms with Gasteiger partial charge < -0.3 is 21.1 Å². The number of tetrazole rings is 1. The summed E-state index contributed by atoms with van der Waals surface area (Å²) < 4.78 is 1.51. The Hall–Kier alpha value is -4.52. The van der Waals surface area contributed by atoms with Crippen molar-refractivity contribution >= 4 is 46.8 Å². The van der Waals surface area contributed by atoms with Crippen LogP contribution in [0, 0.1) is 5.92 Å². The lowest BCUT2D eigenvalue weighted by Gasteiger charge is -2.22. The number of rotatable bonds is 6. The molecule has 3 aromatic rings. The molecule has 4 amide bonds. The number of carbonyl (C=O) groups is 4. The number of anilines is 2. The number of nitrogens with one attached hydrogen (secondary N) is 4. The molecule has 1 aliphatic rings. The zero-order valence-electron chi connectivity index (χ0n) is 21.7. The molecule has 2 heterocycles. The highest BCUT2D eigenvalue weighted by Gasteiger charge is 2.25. The first-order valence-electron chi connectivity index (χ1n) is 12.7. The van der Waals surface area contributed by atoms with E-state index < -0.39 is 18.0 Å². The minimum Gasteiger partial charge on any atom is -0.465 e. The smallest absolute Gasteiger partial charge is 0.409 e. The molecule has 13 nitrogen and oxygen atoms in total. The Balaban J connectivity index is 1.49. The van der Waals surface area contributed by atoms with Gasteiger partial charge in [-0.25, -0.2) is 9.48 Å². The van der Waals surface area contributed by atoms with Crippen LogP contribution in [0.25, 0.3) is 5.69 Å². The molecule has 0 spiro atoms. The fourth-order valence-electron chi connectivity index (χ4n) is 4.53. The van der Waals surface area contributed by atoms with Crippen molar-refractivity contribution in [2.45, 2.75) is 45.1 Å². The zero-order valence-corrected chi connectivity index (χ0v) is 22.4. The van der Waals surface area contributed by atoms with Crippen molar-refractivity contribution in [1.82, 2.24) is 30.8 Å². The SMILES string of the molecule is CC1CCCC(C(=O)NCCc2cc(Cl)ccc2-n2cnnn2)NC(=O)c2ccc(NC(=O)O)cc2NC(=O)C1. The standard InChI is InChI=1S/C26H29ClN8O5/c1-15-3-2-4-20(25(38)28-10-9-16-12-17(27)5-8-22(16)35-14-29-33-34-35)32-24(37)19-7-6-18(30-26(39)40)13-21(19)31-23(36)11-15/h5-8,12-15,20,30H,2-4,9-11H2,1H3,(H,28,38)(H,31,36)(H,32,37)(H,39,40). The van der Waals surface area contributed by atoms with Gasteiger partial charge in [-0.3, -0.25) is 19.7 Å². The topological polar surface area (TPSA) is 180 Å². The molecule has 2 aromatic carbocycles.